The van der Waals surface area contributed by atoms with Crippen LogP contribution in [0, 0.1) is 0 Å². The maximum atomic E-state index is 11.9. The van der Waals surface area contributed by atoms with E-state index in [-0.39, 0.29) is 17.1 Å². The van der Waals surface area contributed by atoms with Gasteiger partial charge in [-0.25, -0.2) is 0 Å². The molecule has 2 aromatic carbocycles. The summed E-state index contributed by atoms with van der Waals surface area (Å²) in [6.07, 6.45) is 0.662. The Labute approximate surface area is 122 Å². The number of methoxy groups -OCH3 is 1. The average Bonchev–Trinajstić information content (AvgIpc) is 2.50. The smallest absolute Gasteiger partial charge is 0.255 e. The Morgan fingerprint density at radius 3 is 2.52 bits per heavy atom. The van der Waals surface area contributed by atoms with Gasteiger partial charge in [-0.15, -0.1) is 0 Å². The number of amides is 1. The highest BCUT2D eigenvalue weighted by Crippen LogP contribution is 2.21. The number of hydrogen-bond donors (Lipinski definition) is 3. The molecule has 2 rings (SSSR count). The summed E-state index contributed by atoms with van der Waals surface area (Å²) in [7, 11) is 1.61. The van der Waals surface area contributed by atoms with Crippen LogP contribution < -0.4 is 10.1 Å². The predicted molar refractivity (Wildman–Crippen MR) is 78.8 cm³/mol. The van der Waals surface area contributed by atoms with E-state index in [0.717, 1.165) is 11.3 Å². The minimum atomic E-state index is -0.420. The van der Waals surface area contributed by atoms with Crippen LogP contribution in [0.1, 0.15) is 15.9 Å². The number of carbonyl (C=O) groups excluding carboxylic acids is 1. The van der Waals surface area contributed by atoms with Gasteiger partial charge in [0.25, 0.3) is 5.91 Å². The van der Waals surface area contributed by atoms with Crippen molar-refractivity contribution in [1.82, 2.24) is 5.32 Å². The molecule has 0 heterocycles. The molecule has 0 saturated heterocycles. The molecule has 0 aromatic heterocycles. The van der Waals surface area contributed by atoms with E-state index in [0.29, 0.717) is 13.0 Å². The van der Waals surface area contributed by atoms with Gasteiger partial charge in [-0.05, 0) is 42.3 Å². The largest absolute Gasteiger partial charge is 0.508 e. The van der Waals surface area contributed by atoms with Gasteiger partial charge in [0.05, 0.1) is 12.7 Å². The molecule has 0 aliphatic carbocycles. The third-order valence-corrected chi connectivity index (χ3v) is 3.08. The van der Waals surface area contributed by atoms with Gasteiger partial charge in [-0.2, -0.15) is 0 Å². The third kappa shape index (κ3) is 3.89. The van der Waals surface area contributed by atoms with Gasteiger partial charge in [0.1, 0.15) is 17.2 Å². The van der Waals surface area contributed by atoms with Crippen LogP contribution in [0.5, 0.6) is 17.2 Å². The Kier molecular flexibility index (Phi) is 4.66. The molecule has 110 valence electrons. The second-order valence-corrected chi connectivity index (χ2v) is 4.56. The van der Waals surface area contributed by atoms with Crippen molar-refractivity contribution in [2.45, 2.75) is 6.42 Å². The van der Waals surface area contributed by atoms with Gasteiger partial charge in [-0.3, -0.25) is 4.79 Å². The number of carbonyl (C=O) groups is 1. The minimum absolute atomic E-state index is 0.0599. The number of phenolic OH excluding ortho intramolecular Hbond substituents is 2. The van der Waals surface area contributed by atoms with Crippen LogP contribution in [0.2, 0.25) is 0 Å². The fourth-order valence-electron chi connectivity index (χ4n) is 1.91. The molecular formula is C16H17NO4. The number of rotatable bonds is 5. The first-order valence-electron chi connectivity index (χ1n) is 6.53. The lowest BCUT2D eigenvalue weighted by Gasteiger charge is -2.08. The molecule has 0 aliphatic rings. The standard InChI is InChI=1S/C16H17NO4/c1-21-13-5-2-11(3-6-13)8-9-17-16(20)14-10-12(18)4-7-15(14)19/h2-7,10,18-19H,8-9H2,1H3,(H,17,20). The Morgan fingerprint density at radius 1 is 1.14 bits per heavy atom. The lowest BCUT2D eigenvalue weighted by molar-refractivity contribution is 0.0951. The molecule has 0 atom stereocenters. The molecule has 1 amide bonds. The zero-order valence-corrected chi connectivity index (χ0v) is 11.7. The molecular weight excluding hydrogens is 270 g/mol. The van der Waals surface area contributed by atoms with Crippen LogP contribution in [-0.4, -0.2) is 29.8 Å². The van der Waals surface area contributed by atoms with Gasteiger partial charge in [0.15, 0.2) is 0 Å². The minimum Gasteiger partial charge on any atom is -0.508 e. The molecule has 5 nitrogen and oxygen atoms in total. The highest BCUT2D eigenvalue weighted by Gasteiger charge is 2.11. The number of nitrogens with one attached hydrogen (secondary N) is 1. The zero-order valence-electron chi connectivity index (χ0n) is 11.7. The summed E-state index contributed by atoms with van der Waals surface area (Å²) in [5.41, 5.74) is 1.13. The Balaban J connectivity index is 1.90. The third-order valence-electron chi connectivity index (χ3n) is 3.08. The molecule has 0 unspecified atom stereocenters. The molecule has 0 fully saturated rings. The number of aromatic hydroxyl groups is 2. The summed E-state index contributed by atoms with van der Waals surface area (Å²) in [4.78, 5) is 11.9. The fraction of sp³-hybridized carbons (Fsp3) is 0.188. The van der Waals surface area contributed by atoms with E-state index in [9.17, 15) is 15.0 Å². The highest BCUT2D eigenvalue weighted by atomic mass is 16.5. The zero-order chi connectivity index (χ0) is 15.2. The van der Waals surface area contributed by atoms with Crippen LogP contribution in [0.15, 0.2) is 42.5 Å². The molecule has 5 heteroatoms. The number of phenols is 2. The molecule has 0 radical (unpaired) electrons. The first kappa shape index (κ1) is 14.7. The highest BCUT2D eigenvalue weighted by molar-refractivity contribution is 5.97. The molecule has 0 bridgehead atoms. The van der Waals surface area contributed by atoms with Gasteiger partial charge in [0.2, 0.25) is 0 Å². The van der Waals surface area contributed by atoms with E-state index in [2.05, 4.69) is 5.32 Å². The summed E-state index contributed by atoms with van der Waals surface area (Å²) in [6.45, 7) is 0.431. The average molecular weight is 287 g/mol. The summed E-state index contributed by atoms with van der Waals surface area (Å²) in [5, 5.41) is 21.6. The topological polar surface area (TPSA) is 78.8 Å². The van der Waals surface area contributed by atoms with Gasteiger partial charge >= 0.3 is 0 Å². The van der Waals surface area contributed by atoms with Crippen molar-refractivity contribution >= 4 is 5.91 Å². The molecule has 0 saturated carbocycles. The molecule has 0 aliphatic heterocycles. The van der Waals surface area contributed by atoms with Crippen molar-refractivity contribution < 1.29 is 19.7 Å². The van der Waals surface area contributed by atoms with E-state index in [1.54, 1.807) is 7.11 Å². The maximum absolute atomic E-state index is 11.9. The van der Waals surface area contributed by atoms with Crippen molar-refractivity contribution in [3.63, 3.8) is 0 Å². The lowest BCUT2D eigenvalue weighted by atomic mass is 10.1. The number of benzene rings is 2. The van der Waals surface area contributed by atoms with Crippen LogP contribution in [0.25, 0.3) is 0 Å². The van der Waals surface area contributed by atoms with Gasteiger partial charge < -0.3 is 20.3 Å². The second-order valence-electron chi connectivity index (χ2n) is 4.56. The maximum Gasteiger partial charge on any atom is 0.255 e. The van der Waals surface area contributed by atoms with Crippen molar-refractivity contribution in [1.29, 1.82) is 0 Å². The van der Waals surface area contributed by atoms with Crippen LogP contribution >= 0.6 is 0 Å². The first-order chi connectivity index (χ1) is 10.1. The molecule has 3 N–H and O–H groups in total. The van der Waals surface area contributed by atoms with Gasteiger partial charge in [0, 0.05) is 6.54 Å². The number of ether oxygens (including phenoxy) is 1. The normalized spacial score (nSPS) is 10.1. The first-order valence-corrected chi connectivity index (χ1v) is 6.53. The quantitative estimate of drug-likeness (QED) is 0.736. The van der Waals surface area contributed by atoms with E-state index in [1.807, 2.05) is 24.3 Å². The monoisotopic (exact) mass is 287 g/mol. The Bertz CT molecular complexity index is 623. The van der Waals surface area contributed by atoms with Crippen molar-refractivity contribution in [3.8, 4) is 17.2 Å². The SMILES string of the molecule is COc1ccc(CCNC(=O)c2cc(O)ccc2O)cc1. The predicted octanol–water partition coefficient (Wildman–Crippen LogP) is 2.08. The lowest BCUT2D eigenvalue weighted by Crippen LogP contribution is -2.25. The fourth-order valence-corrected chi connectivity index (χ4v) is 1.91. The summed E-state index contributed by atoms with van der Waals surface area (Å²) >= 11 is 0. The Hall–Kier alpha value is -2.69. The summed E-state index contributed by atoms with van der Waals surface area (Å²) in [5.74, 6) is 0.146. The van der Waals surface area contributed by atoms with Crippen LogP contribution in [-0.2, 0) is 6.42 Å². The summed E-state index contributed by atoms with van der Waals surface area (Å²) in [6, 6.07) is 11.4. The van der Waals surface area contributed by atoms with Crippen LogP contribution in [0.3, 0.4) is 0 Å². The van der Waals surface area contributed by atoms with E-state index < -0.39 is 5.91 Å². The van der Waals surface area contributed by atoms with E-state index in [4.69, 9.17) is 4.74 Å². The van der Waals surface area contributed by atoms with E-state index >= 15 is 0 Å². The second kappa shape index (κ2) is 6.65. The summed E-state index contributed by atoms with van der Waals surface area (Å²) < 4.78 is 5.07. The molecule has 2 aromatic rings. The van der Waals surface area contributed by atoms with Crippen molar-refractivity contribution in [2.75, 3.05) is 13.7 Å². The number of hydrogen-bond acceptors (Lipinski definition) is 4. The van der Waals surface area contributed by atoms with Crippen molar-refractivity contribution in [3.05, 3.63) is 53.6 Å². The molecule has 0 spiro atoms. The van der Waals surface area contributed by atoms with Crippen molar-refractivity contribution in [2.24, 2.45) is 0 Å². The molecule has 21 heavy (non-hydrogen) atoms. The van der Waals surface area contributed by atoms with E-state index in [1.165, 1.54) is 18.2 Å². The van der Waals surface area contributed by atoms with Crippen LogP contribution in [0.4, 0.5) is 0 Å². The van der Waals surface area contributed by atoms with Gasteiger partial charge in [-0.1, -0.05) is 12.1 Å². The Morgan fingerprint density at radius 2 is 1.86 bits per heavy atom.